The number of nitrogens with zero attached hydrogens (tertiary/aromatic N) is 4. The van der Waals surface area contributed by atoms with Gasteiger partial charge < -0.3 is 15.0 Å². The predicted molar refractivity (Wildman–Crippen MR) is 128 cm³/mol. The average molecular weight is 470 g/mol. The van der Waals surface area contributed by atoms with Crippen LogP contribution in [0.15, 0.2) is 43.0 Å². The van der Waals surface area contributed by atoms with Crippen LogP contribution in [-0.2, 0) is 12.6 Å². The Morgan fingerprint density at radius 3 is 2.62 bits per heavy atom. The molecule has 32 heavy (non-hydrogen) atoms. The topological polar surface area (TPSA) is 66.2 Å². The molecule has 0 saturated carbocycles. The number of aliphatic hydroxyl groups is 1. The molecule has 3 aromatic rings. The first-order valence-corrected chi connectivity index (χ1v) is 11.4. The Kier molecular flexibility index (Phi) is 5.60. The van der Waals surface area contributed by atoms with E-state index in [0.29, 0.717) is 15.7 Å². The first kappa shape index (κ1) is 21.6. The van der Waals surface area contributed by atoms with E-state index in [9.17, 15) is 5.11 Å². The molecule has 1 fully saturated rings. The molecule has 1 aliphatic carbocycles. The van der Waals surface area contributed by atoms with Crippen molar-refractivity contribution in [2.24, 2.45) is 7.05 Å². The molecule has 1 aliphatic heterocycles. The van der Waals surface area contributed by atoms with Gasteiger partial charge in [-0.15, -0.1) is 0 Å². The lowest BCUT2D eigenvalue weighted by molar-refractivity contribution is 0.114. The maximum atomic E-state index is 11.9. The molecule has 6 nitrogen and oxygen atoms in total. The van der Waals surface area contributed by atoms with Gasteiger partial charge in [-0.05, 0) is 53.5 Å². The number of hydrogen-bond acceptors (Lipinski definition) is 5. The van der Waals surface area contributed by atoms with Crippen molar-refractivity contribution in [2.45, 2.75) is 18.6 Å². The largest absolute Gasteiger partial charge is 0.379 e. The quantitative estimate of drug-likeness (QED) is 0.609. The van der Waals surface area contributed by atoms with Crippen molar-refractivity contribution in [1.29, 1.82) is 0 Å². The first-order valence-electron chi connectivity index (χ1n) is 10.7. The minimum atomic E-state index is -1.32. The van der Waals surface area contributed by atoms with Crippen molar-refractivity contribution in [3.05, 3.63) is 81.1 Å². The molecule has 2 aromatic heterocycles. The molecule has 0 radical (unpaired) electrons. The second-order valence-electron chi connectivity index (χ2n) is 8.57. The Labute approximate surface area is 197 Å². The monoisotopic (exact) mass is 469 g/mol. The number of benzene rings is 1. The number of piperazine rings is 1. The van der Waals surface area contributed by atoms with Crippen LogP contribution >= 0.6 is 23.2 Å². The lowest BCUT2D eigenvalue weighted by Gasteiger charge is -2.36. The summed E-state index contributed by atoms with van der Waals surface area (Å²) in [4.78, 5) is 11.4. The van der Waals surface area contributed by atoms with Gasteiger partial charge in [0.15, 0.2) is 0 Å². The Hall–Kier alpha value is -2.22. The third-order valence-electron chi connectivity index (χ3n) is 6.43. The molecule has 0 spiro atoms. The third-order valence-corrected chi connectivity index (χ3v) is 6.87. The normalized spacial score (nSPS) is 20.7. The number of imidazole rings is 1. The molecule has 3 heterocycles. The van der Waals surface area contributed by atoms with Crippen LogP contribution in [-0.4, -0.2) is 50.7 Å². The second-order valence-corrected chi connectivity index (χ2v) is 9.44. The molecule has 2 aliphatic rings. The number of nitrogens with one attached hydrogen (secondary N) is 1. The highest BCUT2D eigenvalue weighted by atomic mass is 35.5. The summed E-state index contributed by atoms with van der Waals surface area (Å²) >= 11 is 12.9. The van der Waals surface area contributed by atoms with E-state index in [4.69, 9.17) is 28.2 Å². The van der Waals surface area contributed by atoms with Crippen molar-refractivity contribution >= 4 is 34.9 Å². The summed E-state index contributed by atoms with van der Waals surface area (Å²) in [6.07, 6.45) is 7.08. The lowest BCUT2D eigenvalue weighted by atomic mass is 9.84. The van der Waals surface area contributed by atoms with Crippen molar-refractivity contribution in [3.8, 4) is 0 Å². The number of pyridine rings is 1. The molecule has 5 rings (SSSR count). The van der Waals surface area contributed by atoms with E-state index in [2.05, 4.69) is 21.3 Å². The SMILES string of the molecule is Cn1cncc1C(C)(O)C1=Cc2cc(Cl)cnc2[C@@H](N2CCNCC2)c2ccc(Cl)cc21. The summed E-state index contributed by atoms with van der Waals surface area (Å²) in [5, 5.41) is 16.5. The van der Waals surface area contributed by atoms with Gasteiger partial charge in [-0.25, -0.2) is 4.98 Å². The van der Waals surface area contributed by atoms with Gasteiger partial charge >= 0.3 is 0 Å². The van der Waals surface area contributed by atoms with Gasteiger partial charge in [0.1, 0.15) is 5.60 Å². The molecule has 2 atom stereocenters. The summed E-state index contributed by atoms with van der Waals surface area (Å²) in [6, 6.07) is 7.76. The third kappa shape index (κ3) is 3.66. The van der Waals surface area contributed by atoms with Crippen molar-refractivity contribution in [1.82, 2.24) is 24.8 Å². The predicted octanol–water partition coefficient (Wildman–Crippen LogP) is 3.88. The van der Waals surface area contributed by atoms with Gasteiger partial charge in [0.05, 0.1) is 35.0 Å². The van der Waals surface area contributed by atoms with Gasteiger partial charge in [0, 0.05) is 44.4 Å². The van der Waals surface area contributed by atoms with E-state index in [1.807, 2.05) is 35.9 Å². The standard InChI is InChI=1S/C24H25Cl2N5O/c1-24(32,21-13-28-14-30(21)2)20-10-15-9-17(26)12-29-22(15)23(31-7-5-27-6-8-31)18-4-3-16(25)11-19(18)20/h3-4,9-14,23,27,32H,5-8H2,1-2H3/t23-,24?/m0/s1. The fourth-order valence-corrected chi connectivity index (χ4v) is 5.21. The zero-order chi connectivity index (χ0) is 22.5. The average Bonchev–Trinajstić information content (AvgIpc) is 3.16. The zero-order valence-electron chi connectivity index (χ0n) is 18.0. The second kappa shape index (κ2) is 8.28. The van der Waals surface area contributed by atoms with Crippen LogP contribution in [0.5, 0.6) is 0 Å². The number of fused-ring (bicyclic) bond motifs is 2. The molecule has 0 bridgehead atoms. The highest BCUT2D eigenvalue weighted by Crippen LogP contribution is 2.46. The summed E-state index contributed by atoms with van der Waals surface area (Å²) in [7, 11) is 1.88. The molecule has 1 saturated heterocycles. The number of hydrogen-bond donors (Lipinski definition) is 2. The first-order chi connectivity index (χ1) is 15.4. The molecule has 1 aromatic carbocycles. The Morgan fingerprint density at radius 2 is 1.91 bits per heavy atom. The highest BCUT2D eigenvalue weighted by Gasteiger charge is 2.38. The molecule has 8 heteroatoms. The lowest BCUT2D eigenvalue weighted by Crippen LogP contribution is -2.45. The van der Waals surface area contributed by atoms with Crippen molar-refractivity contribution in [2.75, 3.05) is 26.2 Å². The van der Waals surface area contributed by atoms with Gasteiger partial charge in [-0.1, -0.05) is 29.3 Å². The molecular weight excluding hydrogens is 445 g/mol. The fraction of sp³-hybridized carbons (Fsp3) is 0.333. The van der Waals surface area contributed by atoms with Gasteiger partial charge in [0.25, 0.3) is 0 Å². The van der Waals surface area contributed by atoms with E-state index >= 15 is 0 Å². The van der Waals surface area contributed by atoms with Crippen LogP contribution in [0.1, 0.15) is 41.0 Å². The zero-order valence-corrected chi connectivity index (χ0v) is 19.5. The van der Waals surface area contributed by atoms with Crippen molar-refractivity contribution in [3.63, 3.8) is 0 Å². The van der Waals surface area contributed by atoms with Crippen LogP contribution in [0.4, 0.5) is 0 Å². The maximum absolute atomic E-state index is 11.9. The summed E-state index contributed by atoms with van der Waals surface area (Å²) in [6.45, 7) is 5.40. The van der Waals surface area contributed by atoms with E-state index < -0.39 is 5.60 Å². The molecule has 166 valence electrons. The Morgan fingerprint density at radius 1 is 1.12 bits per heavy atom. The van der Waals surface area contributed by atoms with E-state index in [-0.39, 0.29) is 6.04 Å². The van der Waals surface area contributed by atoms with Crippen molar-refractivity contribution < 1.29 is 5.11 Å². The van der Waals surface area contributed by atoms with Crippen LogP contribution in [0.25, 0.3) is 11.6 Å². The summed E-state index contributed by atoms with van der Waals surface area (Å²) in [5.41, 5.74) is 3.90. The van der Waals surface area contributed by atoms with Gasteiger partial charge in [-0.2, -0.15) is 0 Å². The van der Waals surface area contributed by atoms with Gasteiger partial charge in [-0.3, -0.25) is 9.88 Å². The number of aryl methyl sites for hydroxylation is 1. The van der Waals surface area contributed by atoms with E-state index in [0.717, 1.165) is 54.1 Å². The maximum Gasteiger partial charge on any atom is 0.129 e. The number of aromatic nitrogens is 3. The smallest absolute Gasteiger partial charge is 0.129 e. The van der Waals surface area contributed by atoms with Crippen LogP contribution in [0.3, 0.4) is 0 Å². The van der Waals surface area contributed by atoms with Gasteiger partial charge in [0.2, 0.25) is 0 Å². The van der Waals surface area contributed by atoms with Crippen LogP contribution in [0.2, 0.25) is 10.0 Å². The van der Waals surface area contributed by atoms with E-state index in [1.54, 1.807) is 25.6 Å². The Bertz CT molecular complexity index is 1200. The molecule has 2 N–H and O–H groups in total. The number of halogens is 2. The van der Waals surface area contributed by atoms with E-state index in [1.165, 1.54) is 0 Å². The van der Waals surface area contributed by atoms with Crippen LogP contribution < -0.4 is 5.32 Å². The number of rotatable bonds is 3. The molecular formula is C24H25Cl2N5O. The highest BCUT2D eigenvalue weighted by molar-refractivity contribution is 6.31. The minimum Gasteiger partial charge on any atom is -0.379 e. The fourth-order valence-electron chi connectivity index (χ4n) is 4.87. The minimum absolute atomic E-state index is 0.0762. The molecule has 1 unspecified atom stereocenters. The summed E-state index contributed by atoms with van der Waals surface area (Å²) in [5.74, 6) is 0. The summed E-state index contributed by atoms with van der Waals surface area (Å²) < 4.78 is 1.83. The van der Waals surface area contributed by atoms with Crippen LogP contribution in [0, 0.1) is 0 Å². The Balaban J connectivity index is 1.79. The molecule has 0 amide bonds.